The van der Waals surface area contributed by atoms with Crippen LogP contribution < -0.4 is 10.5 Å². The number of sulfonamides is 1. The Labute approximate surface area is 161 Å². The van der Waals surface area contributed by atoms with Gasteiger partial charge in [0.05, 0.1) is 16.2 Å². The zero-order chi connectivity index (χ0) is 20.5. The van der Waals surface area contributed by atoms with Crippen LogP contribution in [-0.2, 0) is 16.2 Å². The first-order valence-corrected chi connectivity index (χ1v) is 10.4. The van der Waals surface area contributed by atoms with Gasteiger partial charge in [-0.05, 0) is 37.5 Å². The van der Waals surface area contributed by atoms with Crippen LogP contribution >= 0.6 is 0 Å². The van der Waals surface area contributed by atoms with Gasteiger partial charge in [0.2, 0.25) is 16.0 Å². The number of anilines is 1. The number of halogens is 3. The molecule has 3 N–H and O–H groups in total. The van der Waals surface area contributed by atoms with Crippen LogP contribution in [0.2, 0.25) is 0 Å². The van der Waals surface area contributed by atoms with Crippen molar-refractivity contribution in [3.63, 3.8) is 0 Å². The molecule has 3 rings (SSSR count). The van der Waals surface area contributed by atoms with Gasteiger partial charge in [-0.1, -0.05) is 25.3 Å². The van der Waals surface area contributed by atoms with Crippen LogP contribution in [0.25, 0.3) is 11.1 Å². The lowest BCUT2D eigenvalue weighted by molar-refractivity contribution is -0.139. The number of aromatic nitrogens is 2. The summed E-state index contributed by atoms with van der Waals surface area (Å²) in [5.74, 6) is 0.0278. The Bertz CT molecular complexity index is 971. The Kier molecular flexibility index (Phi) is 5.62. The molecule has 1 aliphatic rings. The maximum atomic E-state index is 13.5. The zero-order valence-corrected chi connectivity index (χ0v) is 16.1. The van der Waals surface area contributed by atoms with Gasteiger partial charge < -0.3 is 5.73 Å². The number of rotatable bonds is 4. The van der Waals surface area contributed by atoms with Gasteiger partial charge >= 0.3 is 6.18 Å². The molecule has 1 aromatic carbocycles. The number of nitrogens with zero attached hydrogens (tertiary/aromatic N) is 2. The summed E-state index contributed by atoms with van der Waals surface area (Å²) in [4.78, 5) is 7.05. The smallest absolute Gasteiger partial charge is 0.368 e. The van der Waals surface area contributed by atoms with E-state index in [0.29, 0.717) is 24.1 Å². The molecule has 1 fully saturated rings. The van der Waals surface area contributed by atoms with Crippen molar-refractivity contribution in [3.8, 4) is 11.1 Å². The fourth-order valence-corrected chi connectivity index (χ4v) is 4.98. The van der Waals surface area contributed by atoms with Crippen LogP contribution in [0.5, 0.6) is 0 Å². The number of nitrogens with two attached hydrogens (primary N) is 1. The van der Waals surface area contributed by atoms with Gasteiger partial charge in [0.1, 0.15) is 0 Å². The molecule has 0 saturated heterocycles. The summed E-state index contributed by atoms with van der Waals surface area (Å²) in [6.07, 6.45) is 0.490. The lowest BCUT2D eigenvalue weighted by Crippen LogP contribution is -2.37. The molecule has 28 heavy (non-hydrogen) atoms. The maximum absolute atomic E-state index is 13.5. The molecule has 1 saturated carbocycles. The largest absolute Gasteiger partial charge is 0.417 e. The van der Waals surface area contributed by atoms with Gasteiger partial charge in [-0.15, -0.1) is 0 Å². The molecule has 0 amide bonds. The Morgan fingerprint density at radius 3 is 2.46 bits per heavy atom. The molecular weight excluding hydrogens is 393 g/mol. The molecule has 1 aromatic heterocycles. The van der Waals surface area contributed by atoms with Gasteiger partial charge in [0.25, 0.3) is 0 Å². The minimum atomic E-state index is -4.80. The van der Waals surface area contributed by atoms with Crippen LogP contribution in [0.15, 0.2) is 29.3 Å². The van der Waals surface area contributed by atoms with Gasteiger partial charge in [0.15, 0.2) is 0 Å². The molecule has 0 aliphatic heterocycles. The Hall–Kier alpha value is -2.20. The van der Waals surface area contributed by atoms with E-state index >= 15 is 0 Å². The number of benzene rings is 1. The average Bonchev–Trinajstić information content (AvgIpc) is 2.61. The second-order valence-corrected chi connectivity index (χ2v) is 8.57. The topological polar surface area (TPSA) is 98.0 Å². The number of nitrogens with one attached hydrogen (secondary N) is 1. The lowest BCUT2D eigenvalue weighted by atomic mass is 9.96. The predicted octanol–water partition coefficient (Wildman–Crippen LogP) is 3.66. The molecule has 1 heterocycles. The first-order chi connectivity index (χ1) is 13.1. The number of hydrogen-bond acceptors (Lipinski definition) is 5. The summed E-state index contributed by atoms with van der Waals surface area (Å²) in [6.45, 7) is 1.62. The SMILES string of the molecule is Cc1nc(N)ncc1-c1ccc(C(F)(F)F)c(S(=O)(=O)NC2CCCCC2)c1. The van der Waals surface area contributed by atoms with Crippen molar-refractivity contribution in [3.05, 3.63) is 35.7 Å². The Balaban J connectivity index is 2.08. The molecule has 2 aromatic rings. The highest BCUT2D eigenvalue weighted by Crippen LogP contribution is 2.37. The van der Waals surface area contributed by atoms with E-state index in [-0.39, 0.29) is 17.6 Å². The average molecular weight is 414 g/mol. The monoisotopic (exact) mass is 414 g/mol. The molecule has 10 heteroatoms. The van der Waals surface area contributed by atoms with Crippen LogP contribution in [0.1, 0.15) is 43.4 Å². The fraction of sp³-hybridized carbons (Fsp3) is 0.444. The molecule has 0 bridgehead atoms. The van der Waals surface area contributed by atoms with Crippen molar-refractivity contribution < 1.29 is 21.6 Å². The number of hydrogen-bond donors (Lipinski definition) is 2. The van der Waals surface area contributed by atoms with Crippen molar-refractivity contribution in [2.45, 2.75) is 56.1 Å². The number of nitrogen functional groups attached to an aromatic ring is 1. The highest BCUT2D eigenvalue weighted by Gasteiger charge is 2.38. The number of alkyl halides is 3. The van der Waals surface area contributed by atoms with E-state index in [1.165, 1.54) is 12.3 Å². The third-order valence-corrected chi connectivity index (χ3v) is 6.37. The standard InChI is InChI=1S/C18H21F3N4O2S/c1-11-14(10-23-17(22)24-11)12-7-8-15(18(19,20)21)16(9-12)28(26,27)25-13-5-3-2-4-6-13/h7-10,13,25H,2-6H2,1H3,(H2,22,23,24). The molecule has 152 valence electrons. The molecule has 0 radical (unpaired) electrons. The first kappa shape index (κ1) is 20.5. The summed E-state index contributed by atoms with van der Waals surface area (Å²) in [6, 6.07) is 2.66. The van der Waals surface area contributed by atoms with Crippen LogP contribution in [0.3, 0.4) is 0 Å². The predicted molar refractivity (Wildman–Crippen MR) is 98.8 cm³/mol. The highest BCUT2D eigenvalue weighted by atomic mass is 32.2. The third kappa shape index (κ3) is 4.44. The summed E-state index contributed by atoms with van der Waals surface area (Å²) >= 11 is 0. The van der Waals surface area contributed by atoms with E-state index in [4.69, 9.17) is 5.73 Å². The molecule has 1 aliphatic carbocycles. The van der Waals surface area contributed by atoms with Crippen LogP contribution in [0.4, 0.5) is 19.1 Å². The summed E-state index contributed by atoms with van der Waals surface area (Å²) in [7, 11) is -4.36. The van der Waals surface area contributed by atoms with Crippen molar-refractivity contribution in [2.24, 2.45) is 0 Å². The van der Waals surface area contributed by atoms with Crippen molar-refractivity contribution >= 4 is 16.0 Å². The van der Waals surface area contributed by atoms with Crippen molar-refractivity contribution in [2.75, 3.05) is 5.73 Å². The Morgan fingerprint density at radius 1 is 1.18 bits per heavy atom. The summed E-state index contributed by atoms with van der Waals surface area (Å²) in [5.41, 5.74) is 5.44. The minimum absolute atomic E-state index is 0.0278. The maximum Gasteiger partial charge on any atom is 0.417 e. The summed E-state index contributed by atoms with van der Waals surface area (Å²) < 4.78 is 68.6. The lowest BCUT2D eigenvalue weighted by Gasteiger charge is -2.24. The minimum Gasteiger partial charge on any atom is -0.368 e. The van der Waals surface area contributed by atoms with Crippen LogP contribution in [-0.4, -0.2) is 24.4 Å². The van der Waals surface area contributed by atoms with E-state index in [1.54, 1.807) is 6.92 Å². The third-order valence-electron chi connectivity index (χ3n) is 4.81. The van der Waals surface area contributed by atoms with Gasteiger partial charge in [0, 0.05) is 17.8 Å². The zero-order valence-electron chi connectivity index (χ0n) is 15.3. The van der Waals surface area contributed by atoms with Crippen LogP contribution in [0, 0.1) is 6.92 Å². The van der Waals surface area contributed by atoms with E-state index in [1.807, 2.05) is 0 Å². The van der Waals surface area contributed by atoms with E-state index in [9.17, 15) is 21.6 Å². The Morgan fingerprint density at radius 2 is 1.86 bits per heavy atom. The number of aryl methyl sites for hydroxylation is 1. The van der Waals surface area contributed by atoms with E-state index in [0.717, 1.165) is 31.4 Å². The van der Waals surface area contributed by atoms with Gasteiger partial charge in [-0.2, -0.15) is 13.2 Å². The van der Waals surface area contributed by atoms with Crippen molar-refractivity contribution in [1.29, 1.82) is 0 Å². The first-order valence-electron chi connectivity index (χ1n) is 8.91. The van der Waals surface area contributed by atoms with Crippen molar-refractivity contribution in [1.82, 2.24) is 14.7 Å². The van der Waals surface area contributed by atoms with Gasteiger partial charge in [-0.25, -0.2) is 23.1 Å². The highest BCUT2D eigenvalue weighted by molar-refractivity contribution is 7.89. The quantitative estimate of drug-likeness (QED) is 0.796. The summed E-state index contributed by atoms with van der Waals surface area (Å²) in [5, 5.41) is 0. The second-order valence-electron chi connectivity index (χ2n) is 6.89. The molecule has 6 nitrogen and oxygen atoms in total. The molecule has 0 spiro atoms. The second kappa shape index (κ2) is 7.67. The van der Waals surface area contributed by atoms with Gasteiger partial charge in [-0.3, -0.25) is 0 Å². The molecule has 0 unspecified atom stereocenters. The van der Waals surface area contributed by atoms with E-state index in [2.05, 4.69) is 14.7 Å². The fourth-order valence-electron chi connectivity index (χ4n) is 3.42. The molecule has 0 atom stereocenters. The molecular formula is C18H21F3N4O2S. The van der Waals surface area contributed by atoms with E-state index < -0.39 is 26.7 Å². The normalized spacial score (nSPS) is 16.3.